The molecule has 8 heteroatoms. The van der Waals surface area contributed by atoms with Gasteiger partial charge in [0.15, 0.2) is 0 Å². The van der Waals surface area contributed by atoms with Gasteiger partial charge in [-0.05, 0) is 24.1 Å². The van der Waals surface area contributed by atoms with Crippen molar-refractivity contribution in [3.05, 3.63) is 72.1 Å². The molecule has 8 nitrogen and oxygen atoms in total. The van der Waals surface area contributed by atoms with Crippen LogP contribution in [0.3, 0.4) is 0 Å². The summed E-state index contributed by atoms with van der Waals surface area (Å²) in [5.41, 5.74) is 1.21. The Morgan fingerprint density at radius 3 is 2.87 bits per heavy atom. The Morgan fingerprint density at radius 1 is 1.27 bits per heavy atom. The largest absolute Gasteiger partial charge is 0.494 e. The van der Waals surface area contributed by atoms with Crippen LogP contribution in [0.5, 0.6) is 5.75 Å². The van der Waals surface area contributed by atoms with Crippen molar-refractivity contribution in [3.8, 4) is 5.75 Å². The van der Waals surface area contributed by atoms with Crippen molar-refractivity contribution in [2.45, 2.75) is 17.9 Å². The van der Waals surface area contributed by atoms with Crippen molar-refractivity contribution >= 4 is 17.5 Å². The number of fused-ring (bicyclic) bond motifs is 2. The van der Waals surface area contributed by atoms with E-state index in [9.17, 15) is 9.59 Å². The van der Waals surface area contributed by atoms with E-state index in [-0.39, 0.29) is 11.8 Å². The number of nitrogens with one attached hydrogen (secondary N) is 1. The summed E-state index contributed by atoms with van der Waals surface area (Å²) in [6, 6.07) is 8.77. The number of benzene rings is 1. The highest BCUT2D eigenvalue weighted by atomic mass is 16.5. The highest BCUT2D eigenvalue weighted by Crippen LogP contribution is 2.54. The second-order valence-corrected chi connectivity index (χ2v) is 7.59. The first-order valence-electron chi connectivity index (χ1n) is 9.75. The van der Waals surface area contributed by atoms with E-state index in [1.807, 2.05) is 42.1 Å². The first kappa shape index (κ1) is 18.4. The number of ether oxygens (including phenoxy) is 1. The number of imidazole rings is 1. The van der Waals surface area contributed by atoms with Crippen LogP contribution in [0.4, 0.5) is 5.69 Å². The molecule has 4 heterocycles. The molecule has 3 aromatic rings. The quantitative estimate of drug-likeness (QED) is 0.725. The highest BCUT2D eigenvalue weighted by Gasteiger charge is 2.60. The van der Waals surface area contributed by atoms with Gasteiger partial charge in [-0.2, -0.15) is 0 Å². The molecule has 1 aromatic carbocycles. The minimum absolute atomic E-state index is 0.103. The average molecular weight is 403 g/mol. The molecule has 1 spiro atoms. The number of para-hydroxylation sites is 1. The number of anilines is 1. The lowest BCUT2D eigenvalue weighted by molar-refractivity contribution is -0.121. The van der Waals surface area contributed by atoms with Crippen LogP contribution in [0, 0.1) is 0 Å². The van der Waals surface area contributed by atoms with Crippen LogP contribution in [0.15, 0.2) is 55.1 Å². The van der Waals surface area contributed by atoms with Crippen molar-refractivity contribution in [1.82, 2.24) is 19.4 Å². The Hall–Kier alpha value is -3.68. The molecule has 0 saturated carbocycles. The summed E-state index contributed by atoms with van der Waals surface area (Å²) in [6.45, 7) is 0.420. The predicted molar refractivity (Wildman–Crippen MR) is 109 cm³/mol. The van der Waals surface area contributed by atoms with Gasteiger partial charge in [0.05, 0.1) is 18.9 Å². The van der Waals surface area contributed by atoms with Gasteiger partial charge < -0.3 is 19.5 Å². The molecule has 30 heavy (non-hydrogen) atoms. The Bertz CT molecular complexity index is 1160. The zero-order valence-electron chi connectivity index (χ0n) is 16.7. The van der Waals surface area contributed by atoms with E-state index in [1.165, 1.54) is 13.3 Å². The normalized spacial score (nSPS) is 22.3. The van der Waals surface area contributed by atoms with Gasteiger partial charge in [0.25, 0.3) is 5.91 Å². The Labute approximate surface area is 173 Å². The van der Waals surface area contributed by atoms with Crippen LogP contribution in [0.2, 0.25) is 0 Å². The average Bonchev–Trinajstić information content (AvgIpc) is 3.44. The molecule has 152 valence electrons. The Kier molecular flexibility index (Phi) is 4.09. The summed E-state index contributed by atoms with van der Waals surface area (Å²) in [5.74, 6) is 0.754. The number of carbonyl (C=O) groups excluding carboxylic acids is 2. The molecule has 0 radical (unpaired) electrons. The molecule has 1 fully saturated rings. The zero-order valence-corrected chi connectivity index (χ0v) is 16.7. The van der Waals surface area contributed by atoms with Gasteiger partial charge >= 0.3 is 0 Å². The number of nitrogens with zero attached hydrogens (tertiary/aromatic N) is 4. The maximum Gasteiger partial charge on any atom is 0.258 e. The monoisotopic (exact) mass is 403 g/mol. The van der Waals surface area contributed by atoms with Gasteiger partial charge in [0.2, 0.25) is 5.91 Å². The molecular weight excluding hydrogens is 382 g/mol. The second-order valence-electron chi connectivity index (χ2n) is 7.59. The lowest BCUT2D eigenvalue weighted by Gasteiger charge is -2.33. The molecule has 2 aliphatic rings. The molecule has 2 atom stereocenters. The first-order valence-corrected chi connectivity index (χ1v) is 9.75. The maximum atomic E-state index is 13.7. The number of aryl methyl sites for hydroxylation is 1. The van der Waals surface area contributed by atoms with E-state index in [4.69, 9.17) is 4.74 Å². The van der Waals surface area contributed by atoms with Gasteiger partial charge in [-0.1, -0.05) is 18.2 Å². The zero-order chi connectivity index (χ0) is 20.9. The SMILES string of the molecule is COc1cnccc1C(=O)N1CC[C@]2(C(=O)Nc3ccccc32)[C@@H]1c1nccn1C. The number of amides is 2. The van der Waals surface area contributed by atoms with Crippen LogP contribution in [-0.4, -0.2) is 44.9 Å². The van der Waals surface area contributed by atoms with E-state index in [1.54, 1.807) is 23.4 Å². The molecule has 0 bridgehead atoms. The Balaban J connectivity index is 1.68. The minimum Gasteiger partial charge on any atom is -0.494 e. The van der Waals surface area contributed by atoms with Gasteiger partial charge in [0.1, 0.15) is 23.0 Å². The van der Waals surface area contributed by atoms with E-state index in [0.717, 1.165) is 11.3 Å². The van der Waals surface area contributed by atoms with Gasteiger partial charge in [-0.3, -0.25) is 14.6 Å². The van der Waals surface area contributed by atoms with Crippen LogP contribution in [0.1, 0.15) is 34.2 Å². The first-order chi connectivity index (χ1) is 14.6. The van der Waals surface area contributed by atoms with E-state index < -0.39 is 11.5 Å². The number of hydrogen-bond donors (Lipinski definition) is 1. The number of methoxy groups -OCH3 is 1. The van der Waals surface area contributed by atoms with Crippen molar-refractivity contribution < 1.29 is 14.3 Å². The number of aromatic nitrogens is 3. The van der Waals surface area contributed by atoms with E-state index in [0.29, 0.717) is 30.1 Å². The summed E-state index contributed by atoms with van der Waals surface area (Å²) in [5, 5.41) is 3.01. The second kappa shape index (κ2) is 6.69. The molecule has 5 rings (SSSR count). The third-order valence-electron chi connectivity index (χ3n) is 6.19. The third-order valence-corrected chi connectivity index (χ3v) is 6.19. The van der Waals surface area contributed by atoms with Crippen LogP contribution in [0.25, 0.3) is 0 Å². The van der Waals surface area contributed by atoms with Crippen LogP contribution in [-0.2, 0) is 17.3 Å². The number of carbonyl (C=O) groups is 2. The summed E-state index contributed by atoms with van der Waals surface area (Å²) >= 11 is 0. The number of rotatable bonds is 3. The topological polar surface area (TPSA) is 89.3 Å². The summed E-state index contributed by atoms with van der Waals surface area (Å²) in [4.78, 5) is 37.4. The molecule has 0 aliphatic carbocycles. The number of hydrogen-bond acceptors (Lipinski definition) is 5. The van der Waals surface area contributed by atoms with E-state index in [2.05, 4.69) is 15.3 Å². The predicted octanol–water partition coefficient (Wildman–Crippen LogP) is 2.30. The fourth-order valence-corrected chi connectivity index (χ4v) is 4.78. The lowest BCUT2D eigenvalue weighted by atomic mass is 9.74. The van der Waals surface area contributed by atoms with Gasteiger partial charge in [0, 0.05) is 37.9 Å². The van der Waals surface area contributed by atoms with Crippen molar-refractivity contribution in [3.63, 3.8) is 0 Å². The smallest absolute Gasteiger partial charge is 0.258 e. The summed E-state index contributed by atoms with van der Waals surface area (Å²) in [6.07, 6.45) is 7.11. The number of pyridine rings is 1. The van der Waals surface area contributed by atoms with Crippen LogP contribution < -0.4 is 10.1 Å². The van der Waals surface area contributed by atoms with Crippen molar-refractivity contribution in [1.29, 1.82) is 0 Å². The lowest BCUT2D eigenvalue weighted by Crippen LogP contribution is -2.43. The van der Waals surface area contributed by atoms with Crippen LogP contribution >= 0.6 is 0 Å². The number of likely N-dealkylation sites (tertiary alicyclic amines) is 1. The fraction of sp³-hybridized carbons (Fsp3) is 0.273. The maximum absolute atomic E-state index is 13.7. The third kappa shape index (κ3) is 2.39. The summed E-state index contributed by atoms with van der Waals surface area (Å²) < 4.78 is 7.23. The van der Waals surface area contributed by atoms with Gasteiger partial charge in [-0.15, -0.1) is 0 Å². The highest BCUT2D eigenvalue weighted by molar-refractivity contribution is 6.08. The van der Waals surface area contributed by atoms with Crippen molar-refractivity contribution in [2.24, 2.45) is 7.05 Å². The molecule has 1 N–H and O–H groups in total. The Morgan fingerprint density at radius 2 is 2.10 bits per heavy atom. The molecule has 0 unspecified atom stereocenters. The van der Waals surface area contributed by atoms with E-state index >= 15 is 0 Å². The minimum atomic E-state index is -0.897. The fourth-order valence-electron chi connectivity index (χ4n) is 4.78. The molecule has 2 aromatic heterocycles. The standard InChI is InChI=1S/C22H21N5O3/c1-26-12-10-24-19(26)18-22(15-5-3-4-6-16(15)25-21(22)29)8-11-27(18)20(28)14-7-9-23-13-17(14)30-2/h3-7,9-10,12-13,18H,8,11H2,1-2H3,(H,25,29)/t18-,22+/m0/s1. The molecule has 1 saturated heterocycles. The van der Waals surface area contributed by atoms with Crippen molar-refractivity contribution in [2.75, 3.05) is 19.0 Å². The molecular formula is C22H21N5O3. The molecule has 2 aliphatic heterocycles. The summed E-state index contributed by atoms with van der Waals surface area (Å²) in [7, 11) is 3.39. The molecule has 2 amide bonds. The van der Waals surface area contributed by atoms with Gasteiger partial charge in [-0.25, -0.2) is 4.98 Å².